The number of halogens is 6. The van der Waals surface area contributed by atoms with E-state index in [-0.39, 0.29) is 24.9 Å². The summed E-state index contributed by atoms with van der Waals surface area (Å²) < 4.78 is 91.9. The highest BCUT2D eigenvalue weighted by molar-refractivity contribution is 5.96. The molecule has 1 aliphatic heterocycles. The Morgan fingerprint density at radius 1 is 0.921 bits per heavy atom. The van der Waals surface area contributed by atoms with Crippen molar-refractivity contribution >= 4 is 23.4 Å². The quantitative estimate of drug-likeness (QED) is 0.304. The van der Waals surface area contributed by atoms with Crippen molar-refractivity contribution in [1.29, 1.82) is 0 Å². The molecule has 0 aliphatic carbocycles. The van der Waals surface area contributed by atoms with Gasteiger partial charge in [0, 0.05) is 6.54 Å². The van der Waals surface area contributed by atoms with Gasteiger partial charge in [-0.25, -0.2) is 9.59 Å². The zero-order chi connectivity index (χ0) is 28.6. The molecule has 3 rings (SSSR count). The molecule has 2 aromatic rings. The first kappa shape index (κ1) is 29.1. The van der Waals surface area contributed by atoms with E-state index in [1.54, 1.807) is 39.8 Å². The first-order valence-electron chi connectivity index (χ1n) is 11.8. The fraction of sp³-hybridized carbons (Fsp3) is 0.462. The predicted octanol–water partition coefficient (Wildman–Crippen LogP) is 6.82. The highest BCUT2D eigenvalue weighted by Crippen LogP contribution is 2.45. The van der Waals surface area contributed by atoms with Gasteiger partial charge in [-0.1, -0.05) is 6.92 Å². The topological polar surface area (TPSA) is 59.1 Å². The van der Waals surface area contributed by atoms with Crippen molar-refractivity contribution in [2.45, 2.75) is 58.6 Å². The van der Waals surface area contributed by atoms with Crippen LogP contribution in [-0.2, 0) is 26.6 Å². The third kappa shape index (κ3) is 5.68. The number of hydrogen-bond acceptors (Lipinski definition) is 5. The maximum Gasteiger partial charge on any atom is 0.416 e. The first-order valence-corrected chi connectivity index (χ1v) is 11.8. The number of ether oxygens (including phenoxy) is 2. The van der Waals surface area contributed by atoms with Crippen LogP contribution in [0.25, 0.3) is 0 Å². The minimum absolute atomic E-state index is 0.00678. The molecule has 0 saturated carbocycles. The molecule has 2 aromatic carbocycles. The second-order valence-electron chi connectivity index (χ2n) is 8.97. The average molecular weight is 547 g/mol. The van der Waals surface area contributed by atoms with Crippen LogP contribution in [-0.4, -0.2) is 38.4 Å². The summed E-state index contributed by atoms with van der Waals surface area (Å²) in [6.45, 7) is 6.95. The molecule has 1 aliphatic rings. The maximum atomic E-state index is 13.6. The molecule has 0 radical (unpaired) electrons. The van der Waals surface area contributed by atoms with Crippen LogP contribution in [0.5, 0.6) is 0 Å². The molecule has 0 aromatic heterocycles. The van der Waals surface area contributed by atoms with Crippen molar-refractivity contribution in [2.24, 2.45) is 0 Å². The summed E-state index contributed by atoms with van der Waals surface area (Å²) in [5.41, 5.74) is -1.53. The lowest BCUT2D eigenvalue weighted by atomic mass is 9.94. The summed E-state index contributed by atoms with van der Waals surface area (Å²) in [4.78, 5) is 28.8. The van der Waals surface area contributed by atoms with Gasteiger partial charge in [-0.15, -0.1) is 0 Å². The Labute approximate surface area is 216 Å². The average Bonchev–Trinajstić information content (AvgIpc) is 2.83. The Morgan fingerprint density at radius 3 is 1.89 bits per heavy atom. The molecule has 12 heteroatoms. The fourth-order valence-electron chi connectivity index (χ4n) is 4.50. The van der Waals surface area contributed by atoms with Crippen LogP contribution in [0.3, 0.4) is 0 Å². The largest absolute Gasteiger partial charge is 0.467 e. The molecule has 0 bridgehead atoms. The van der Waals surface area contributed by atoms with Gasteiger partial charge in [-0.2, -0.15) is 26.3 Å². The molecule has 0 saturated heterocycles. The second kappa shape index (κ2) is 10.7. The lowest BCUT2D eigenvalue weighted by Gasteiger charge is -2.45. The van der Waals surface area contributed by atoms with Gasteiger partial charge in [-0.3, -0.25) is 4.90 Å². The number of carbonyl (C=O) groups excluding carboxylic acids is 2. The van der Waals surface area contributed by atoms with Gasteiger partial charge in [0.15, 0.2) is 6.04 Å². The van der Waals surface area contributed by atoms with Crippen molar-refractivity contribution in [3.05, 3.63) is 58.1 Å². The molecule has 1 heterocycles. The number of esters is 1. The van der Waals surface area contributed by atoms with E-state index in [2.05, 4.69) is 0 Å². The van der Waals surface area contributed by atoms with Crippen molar-refractivity contribution in [3.63, 3.8) is 0 Å². The van der Waals surface area contributed by atoms with E-state index in [4.69, 9.17) is 9.47 Å². The molecule has 2 atom stereocenters. The highest BCUT2D eigenvalue weighted by Gasteiger charge is 2.43. The van der Waals surface area contributed by atoms with Crippen LogP contribution < -0.4 is 9.80 Å². The van der Waals surface area contributed by atoms with Crippen LogP contribution >= 0.6 is 0 Å². The SMILES string of the molecule is CCOC(=O)N1c2cc(C)c(C)cc2N(C(C(=O)OC)c2cc(C(F)(F)F)cc(C(F)(F)F)c2)CC1CC. The Kier molecular flexibility index (Phi) is 8.23. The number of aryl methyl sites for hydroxylation is 2. The van der Waals surface area contributed by atoms with Crippen LogP contribution in [0.2, 0.25) is 0 Å². The number of hydrogen-bond donors (Lipinski definition) is 0. The number of benzene rings is 2. The Bertz CT molecular complexity index is 1180. The molecular formula is C26H28F6N2O4. The van der Waals surface area contributed by atoms with Crippen molar-refractivity contribution in [2.75, 3.05) is 30.1 Å². The minimum atomic E-state index is -5.10. The van der Waals surface area contributed by atoms with E-state index in [1.807, 2.05) is 0 Å². The first-order chi connectivity index (χ1) is 17.6. The number of amides is 1. The summed E-state index contributed by atoms with van der Waals surface area (Å²) in [6, 6.07) is 2.10. The smallest absolute Gasteiger partial charge is 0.416 e. The summed E-state index contributed by atoms with van der Waals surface area (Å²) in [5.74, 6) is -1.05. The van der Waals surface area contributed by atoms with E-state index in [0.29, 0.717) is 24.2 Å². The van der Waals surface area contributed by atoms with Gasteiger partial charge in [0.1, 0.15) is 0 Å². The van der Waals surface area contributed by atoms with Gasteiger partial charge in [0.2, 0.25) is 0 Å². The number of rotatable bonds is 5. The van der Waals surface area contributed by atoms with Crippen molar-refractivity contribution in [1.82, 2.24) is 0 Å². The molecule has 1 amide bonds. The van der Waals surface area contributed by atoms with E-state index in [1.165, 1.54) is 9.80 Å². The molecule has 38 heavy (non-hydrogen) atoms. The number of anilines is 2. The minimum Gasteiger partial charge on any atom is -0.467 e. The zero-order valence-corrected chi connectivity index (χ0v) is 21.5. The fourth-order valence-corrected chi connectivity index (χ4v) is 4.50. The van der Waals surface area contributed by atoms with Gasteiger partial charge in [0.05, 0.1) is 42.3 Å². The summed E-state index contributed by atoms with van der Waals surface area (Å²) in [6.07, 6.45) is -10.5. The van der Waals surface area contributed by atoms with Crippen LogP contribution in [0.1, 0.15) is 54.1 Å². The van der Waals surface area contributed by atoms with Crippen LogP contribution in [0.4, 0.5) is 42.5 Å². The second-order valence-corrected chi connectivity index (χ2v) is 8.97. The number of carbonyl (C=O) groups is 2. The zero-order valence-electron chi connectivity index (χ0n) is 21.5. The van der Waals surface area contributed by atoms with Crippen LogP contribution in [0, 0.1) is 13.8 Å². The molecule has 208 valence electrons. The normalized spacial score (nSPS) is 16.7. The third-order valence-corrected chi connectivity index (χ3v) is 6.53. The number of nitrogens with zero attached hydrogens (tertiary/aromatic N) is 2. The number of fused-ring (bicyclic) bond motifs is 1. The molecule has 2 unspecified atom stereocenters. The summed E-state index contributed by atoms with van der Waals surface area (Å²) >= 11 is 0. The van der Waals surface area contributed by atoms with Gasteiger partial charge >= 0.3 is 24.4 Å². The monoisotopic (exact) mass is 546 g/mol. The third-order valence-electron chi connectivity index (χ3n) is 6.53. The summed E-state index contributed by atoms with van der Waals surface area (Å²) in [7, 11) is 1.00. The number of alkyl halides is 6. The molecule has 0 fully saturated rings. The van der Waals surface area contributed by atoms with Crippen LogP contribution in [0.15, 0.2) is 30.3 Å². The summed E-state index contributed by atoms with van der Waals surface area (Å²) in [5, 5.41) is 0. The van der Waals surface area contributed by atoms with Gasteiger partial charge < -0.3 is 14.4 Å². The predicted molar refractivity (Wildman–Crippen MR) is 128 cm³/mol. The van der Waals surface area contributed by atoms with E-state index < -0.39 is 53.2 Å². The lowest BCUT2D eigenvalue weighted by molar-refractivity contribution is -0.145. The van der Waals surface area contributed by atoms with E-state index in [9.17, 15) is 35.9 Å². The maximum absolute atomic E-state index is 13.6. The highest BCUT2D eigenvalue weighted by atomic mass is 19.4. The van der Waals surface area contributed by atoms with Crippen molar-refractivity contribution < 1.29 is 45.4 Å². The molecular weight excluding hydrogens is 518 g/mol. The van der Waals surface area contributed by atoms with E-state index >= 15 is 0 Å². The Balaban J connectivity index is 2.32. The molecule has 0 spiro atoms. The molecule has 6 nitrogen and oxygen atoms in total. The Morgan fingerprint density at radius 2 is 1.45 bits per heavy atom. The standard InChI is InChI=1S/C26H28F6N2O4/c1-6-19-13-33(20-8-14(3)15(4)9-21(20)34(19)24(36)38-7-2)22(23(35)37-5)16-10-17(25(27,28)29)12-18(11-16)26(30,31)32/h8-12,19,22H,6-7,13H2,1-5H3. The van der Waals surface area contributed by atoms with Gasteiger partial charge in [0.25, 0.3) is 0 Å². The lowest BCUT2D eigenvalue weighted by Crippen LogP contribution is -2.53. The molecule has 0 N–H and O–H groups in total. The Hall–Kier alpha value is -3.44. The van der Waals surface area contributed by atoms with Crippen molar-refractivity contribution in [3.8, 4) is 0 Å². The van der Waals surface area contributed by atoms with Gasteiger partial charge in [-0.05, 0) is 74.2 Å². The number of methoxy groups -OCH3 is 1. The van der Waals surface area contributed by atoms with E-state index in [0.717, 1.165) is 18.2 Å².